The zero-order chi connectivity index (χ0) is 20.5. The summed E-state index contributed by atoms with van der Waals surface area (Å²) in [7, 11) is 0. The van der Waals surface area contributed by atoms with Gasteiger partial charge in [-0.3, -0.25) is 0 Å². The lowest BCUT2D eigenvalue weighted by Crippen LogP contribution is -2.13. The smallest absolute Gasteiger partial charge is 0.333 e. The van der Waals surface area contributed by atoms with E-state index in [1.807, 2.05) is 36.4 Å². The Labute approximate surface area is 167 Å². The predicted molar refractivity (Wildman–Crippen MR) is 104 cm³/mol. The third-order valence-corrected chi connectivity index (χ3v) is 3.37. The molecule has 0 radical (unpaired) electrons. The summed E-state index contributed by atoms with van der Waals surface area (Å²) in [5, 5.41) is 0. The average Bonchev–Trinajstić information content (AvgIpc) is 2.72. The van der Waals surface area contributed by atoms with Crippen molar-refractivity contribution in [2.75, 3.05) is 13.2 Å². The molecule has 3 rings (SSSR count). The molecule has 8 nitrogen and oxygen atoms in total. The first kappa shape index (κ1) is 19.8. The Bertz CT molecular complexity index is 905. The molecule has 2 aromatic carbocycles. The predicted octanol–water partition coefficient (Wildman–Crippen LogP) is 3.95. The van der Waals surface area contributed by atoms with Crippen LogP contribution in [-0.2, 0) is 9.53 Å². The molecule has 0 spiro atoms. The number of carbonyl (C=O) groups is 1. The van der Waals surface area contributed by atoms with E-state index in [0.29, 0.717) is 17.1 Å². The summed E-state index contributed by atoms with van der Waals surface area (Å²) in [5.41, 5.74) is 0.308. The van der Waals surface area contributed by atoms with E-state index in [2.05, 4.69) is 21.5 Å². The number of esters is 1. The lowest BCUT2D eigenvalue weighted by molar-refractivity contribution is -0.139. The second kappa shape index (κ2) is 9.84. The molecule has 0 saturated heterocycles. The Morgan fingerprint density at radius 1 is 0.793 bits per heavy atom. The van der Waals surface area contributed by atoms with Crippen LogP contribution in [0.15, 0.2) is 72.8 Å². The van der Waals surface area contributed by atoms with Crippen LogP contribution < -0.4 is 14.2 Å². The monoisotopic (exact) mass is 393 g/mol. The van der Waals surface area contributed by atoms with Crippen molar-refractivity contribution in [1.29, 1.82) is 0 Å². The van der Waals surface area contributed by atoms with Gasteiger partial charge in [0.2, 0.25) is 0 Å². The maximum absolute atomic E-state index is 11.4. The van der Waals surface area contributed by atoms with Gasteiger partial charge < -0.3 is 18.9 Å². The van der Waals surface area contributed by atoms with Crippen LogP contribution in [0, 0.1) is 0 Å². The maximum atomic E-state index is 11.4. The van der Waals surface area contributed by atoms with Gasteiger partial charge in [0.25, 0.3) is 0 Å². The summed E-state index contributed by atoms with van der Waals surface area (Å²) < 4.78 is 21.8. The van der Waals surface area contributed by atoms with Gasteiger partial charge in [-0.15, -0.1) is 15.0 Å². The van der Waals surface area contributed by atoms with Crippen molar-refractivity contribution < 1.29 is 23.7 Å². The minimum absolute atomic E-state index is 0.00561. The second-order valence-electron chi connectivity index (χ2n) is 5.78. The third kappa shape index (κ3) is 6.31. The molecule has 3 aromatic rings. The summed E-state index contributed by atoms with van der Waals surface area (Å²) in [6.07, 6.45) is 0. The molecule has 29 heavy (non-hydrogen) atoms. The standard InChI is InChI=1S/C21H19N3O5/c1-15(2)18(25)26-13-14-27-19-22-20(28-16-9-5-3-6-10-16)24-21(23-19)29-17-11-7-4-8-12-17/h3-12H,1,13-14H2,2H3. The fraction of sp³-hybridized carbons (Fsp3) is 0.143. The Morgan fingerprint density at radius 3 is 1.76 bits per heavy atom. The highest BCUT2D eigenvalue weighted by molar-refractivity contribution is 5.86. The third-order valence-electron chi connectivity index (χ3n) is 3.37. The fourth-order valence-corrected chi connectivity index (χ4v) is 2.05. The van der Waals surface area contributed by atoms with Crippen LogP contribution >= 0.6 is 0 Å². The van der Waals surface area contributed by atoms with Gasteiger partial charge in [0.15, 0.2) is 0 Å². The Kier molecular flexibility index (Phi) is 6.72. The molecule has 0 amide bonds. The molecule has 0 aliphatic rings. The molecule has 148 valence electrons. The minimum Gasteiger partial charge on any atom is -0.460 e. The molecule has 0 saturated carbocycles. The summed E-state index contributed by atoms with van der Waals surface area (Å²) in [5.74, 6) is 0.599. The van der Waals surface area contributed by atoms with E-state index in [1.54, 1.807) is 31.2 Å². The maximum Gasteiger partial charge on any atom is 0.333 e. The van der Waals surface area contributed by atoms with E-state index in [-0.39, 0.29) is 31.2 Å². The van der Waals surface area contributed by atoms with Gasteiger partial charge in [-0.05, 0) is 31.2 Å². The number of carbonyl (C=O) groups excluding carboxylic acids is 1. The van der Waals surface area contributed by atoms with Gasteiger partial charge in [-0.1, -0.05) is 43.0 Å². The summed E-state index contributed by atoms with van der Waals surface area (Å²) >= 11 is 0. The number of benzene rings is 2. The Hall–Kier alpha value is -3.94. The van der Waals surface area contributed by atoms with Gasteiger partial charge in [-0.2, -0.15) is 0 Å². The first-order chi connectivity index (χ1) is 14.1. The lowest BCUT2D eigenvalue weighted by atomic mass is 10.3. The van der Waals surface area contributed by atoms with Crippen LogP contribution in [0.5, 0.6) is 29.5 Å². The van der Waals surface area contributed by atoms with E-state index in [4.69, 9.17) is 18.9 Å². The van der Waals surface area contributed by atoms with Crippen molar-refractivity contribution in [3.05, 3.63) is 72.8 Å². The summed E-state index contributed by atoms with van der Waals surface area (Å²) in [6.45, 7) is 5.13. The van der Waals surface area contributed by atoms with Crippen molar-refractivity contribution in [3.8, 4) is 29.5 Å². The molecule has 8 heteroatoms. The second-order valence-corrected chi connectivity index (χ2v) is 5.78. The van der Waals surface area contributed by atoms with Gasteiger partial charge in [0, 0.05) is 5.57 Å². The van der Waals surface area contributed by atoms with Crippen LogP contribution in [-0.4, -0.2) is 34.1 Å². The molecule has 0 unspecified atom stereocenters. The highest BCUT2D eigenvalue weighted by Gasteiger charge is 2.12. The van der Waals surface area contributed by atoms with Crippen LogP contribution in [0.2, 0.25) is 0 Å². The van der Waals surface area contributed by atoms with Crippen molar-refractivity contribution in [2.24, 2.45) is 0 Å². The highest BCUT2D eigenvalue weighted by atomic mass is 16.6. The number of ether oxygens (including phenoxy) is 4. The molecule has 0 atom stereocenters. The van der Waals surface area contributed by atoms with Crippen LogP contribution in [0.3, 0.4) is 0 Å². The van der Waals surface area contributed by atoms with E-state index < -0.39 is 5.97 Å². The zero-order valence-electron chi connectivity index (χ0n) is 15.8. The van der Waals surface area contributed by atoms with Crippen molar-refractivity contribution >= 4 is 5.97 Å². The molecular weight excluding hydrogens is 374 g/mol. The summed E-state index contributed by atoms with van der Waals surface area (Å²) in [4.78, 5) is 23.8. The largest absolute Gasteiger partial charge is 0.460 e. The summed E-state index contributed by atoms with van der Waals surface area (Å²) in [6, 6.07) is 18.1. The van der Waals surface area contributed by atoms with Crippen LogP contribution in [0.1, 0.15) is 6.92 Å². The number of hydrogen-bond acceptors (Lipinski definition) is 8. The minimum atomic E-state index is -0.495. The number of aromatic nitrogens is 3. The SMILES string of the molecule is C=C(C)C(=O)OCCOc1nc(Oc2ccccc2)nc(Oc2ccccc2)n1. The van der Waals surface area contributed by atoms with Gasteiger partial charge in [-0.25, -0.2) is 4.79 Å². The number of hydrogen-bond donors (Lipinski definition) is 0. The first-order valence-corrected chi connectivity index (χ1v) is 8.77. The zero-order valence-corrected chi connectivity index (χ0v) is 15.8. The normalized spacial score (nSPS) is 10.1. The van der Waals surface area contributed by atoms with Crippen molar-refractivity contribution in [2.45, 2.75) is 6.92 Å². The molecule has 0 aliphatic carbocycles. The topological polar surface area (TPSA) is 92.7 Å². The number of rotatable bonds is 9. The van der Waals surface area contributed by atoms with E-state index >= 15 is 0 Å². The number of para-hydroxylation sites is 2. The number of nitrogens with zero attached hydrogens (tertiary/aromatic N) is 3. The fourth-order valence-electron chi connectivity index (χ4n) is 2.05. The quantitative estimate of drug-likeness (QED) is 0.306. The van der Waals surface area contributed by atoms with Crippen molar-refractivity contribution in [1.82, 2.24) is 15.0 Å². The lowest BCUT2D eigenvalue weighted by Gasteiger charge is -2.10. The van der Waals surface area contributed by atoms with E-state index in [9.17, 15) is 4.79 Å². The molecule has 0 N–H and O–H groups in total. The molecule has 0 bridgehead atoms. The highest BCUT2D eigenvalue weighted by Crippen LogP contribution is 2.24. The van der Waals surface area contributed by atoms with Gasteiger partial charge in [0.1, 0.15) is 24.7 Å². The Balaban J connectivity index is 1.73. The molecule has 0 aliphatic heterocycles. The van der Waals surface area contributed by atoms with Crippen LogP contribution in [0.4, 0.5) is 0 Å². The molecule has 1 aromatic heterocycles. The molecule has 1 heterocycles. The first-order valence-electron chi connectivity index (χ1n) is 8.77. The van der Waals surface area contributed by atoms with Crippen molar-refractivity contribution in [3.63, 3.8) is 0 Å². The average molecular weight is 393 g/mol. The molecule has 0 fully saturated rings. The van der Waals surface area contributed by atoms with Gasteiger partial charge in [0.05, 0.1) is 0 Å². The van der Waals surface area contributed by atoms with Gasteiger partial charge >= 0.3 is 24.0 Å². The van der Waals surface area contributed by atoms with Crippen LogP contribution in [0.25, 0.3) is 0 Å². The Morgan fingerprint density at radius 2 is 1.28 bits per heavy atom. The van der Waals surface area contributed by atoms with E-state index in [1.165, 1.54) is 0 Å². The molecular formula is C21H19N3O5. The van der Waals surface area contributed by atoms with E-state index in [0.717, 1.165) is 0 Å².